The maximum Gasteiger partial charge on any atom is 0.319 e. The number of methoxy groups -OCH3 is 1. The van der Waals surface area contributed by atoms with E-state index in [0.717, 1.165) is 16.9 Å². The molecule has 3 amide bonds. The molecule has 0 aliphatic carbocycles. The molecule has 0 aromatic heterocycles. The Morgan fingerprint density at radius 3 is 2.52 bits per heavy atom. The fraction of sp³-hybridized carbons (Fsp3) is 0.300. The molecule has 27 heavy (non-hydrogen) atoms. The SMILES string of the molecule is COc1ccc(CNC(=O)Nc2ccc(C3CNC(=O)CN3C)cc2)cc1. The third kappa shape index (κ3) is 4.98. The zero-order chi connectivity index (χ0) is 19.2. The number of anilines is 1. The summed E-state index contributed by atoms with van der Waals surface area (Å²) >= 11 is 0. The van der Waals surface area contributed by atoms with Crippen molar-refractivity contribution in [3.8, 4) is 5.75 Å². The van der Waals surface area contributed by atoms with E-state index >= 15 is 0 Å². The zero-order valence-corrected chi connectivity index (χ0v) is 15.5. The van der Waals surface area contributed by atoms with Crippen LogP contribution in [0.25, 0.3) is 0 Å². The second-order valence-electron chi connectivity index (χ2n) is 6.51. The molecule has 0 saturated carbocycles. The minimum Gasteiger partial charge on any atom is -0.497 e. The molecule has 1 fully saturated rings. The lowest BCUT2D eigenvalue weighted by Crippen LogP contribution is -2.47. The number of nitrogens with zero attached hydrogens (tertiary/aromatic N) is 1. The summed E-state index contributed by atoms with van der Waals surface area (Å²) in [6.07, 6.45) is 0. The van der Waals surface area contributed by atoms with Crippen molar-refractivity contribution < 1.29 is 14.3 Å². The van der Waals surface area contributed by atoms with E-state index in [1.165, 1.54) is 0 Å². The summed E-state index contributed by atoms with van der Waals surface area (Å²) < 4.78 is 5.12. The van der Waals surface area contributed by atoms with Crippen LogP contribution in [0.4, 0.5) is 10.5 Å². The molecule has 1 aliphatic heterocycles. The minimum absolute atomic E-state index is 0.0422. The molecular weight excluding hydrogens is 344 g/mol. The molecule has 1 aliphatic rings. The van der Waals surface area contributed by atoms with Crippen molar-refractivity contribution in [2.45, 2.75) is 12.6 Å². The number of carbonyl (C=O) groups excluding carboxylic acids is 2. The Balaban J connectivity index is 1.51. The average Bonchev–Trinajstić information content (AvgIpc) is 2.68. The van der Waals surface area contributed by atoms with Crippen LogP contribution in [0.1, 0.15) is 17.2 Å². The Morgan fingerprint density at radius 2 is 1.89 bits per heavy atom. The summed E-state index contributed by atoms with van der Waals surface area (Å²) in [7, 11) is 3.55. The van der Waals surface area contributed by atoms with Gasteiger partial charge in [0.05, 0.1) is 19.7 Å². The number of piperazine rings is 1. The molecule has 7 nitrogen and oxygen atoms in total. The fourth-order valence-electron chi connectivity index (χ4n) is 3.02. The molecular formula is C20H24N4O3. The van der Waals surface area contributed by atoms with Gasteiger partial charge in [-0.05, 0) is 42.4 Å². The fourth-order valence-corrected chi connectivity index (χ4v) is 3.02. The van der Waals surface area contributed by atoms with Gasteiger partial charge in [-0.15, -0.1) is 0 Å². The van der Waals surface area contributed by atoms with E-state index in [1.54, 1.807) is 7.11 Å². The monoisotopic (exact) mass is 368 g/mol. The lowest BCUT2D eigenvalue weighted by molar-refractivity contribution is -0.125. The zero-order valence-electron chi connectivity index (χ0n) is 15.5. The molecule has 1 saturated heterocycles. The second-order valence-corrected chi connectivity index (χ2v) is 6.51. The first kappa shape index (κ1) is 18.7. The molecule has 1 heterocycles. The lowest BCUT2D eigenvalue weighted by Gasteiger charge is -2.32. The van der Waals surface area contributed by atoms with Crippen LogP contribution in [0.15, 0.2) is 48.5 Å². The normalized spacial score (nSPS) is 17.1. The molecule has 0 radical (unpaired) electrons. The molecule has 0 spiro atoms. The lowest BCUT2D eigenvalue weighted by atomic mass is 10.0. The van der Waals surface area contributed by atoms with E-state index in [2.05, 4.69) is 16.0 Å². The molecule has 1 unspecified atom stereocenters. The number of nitrogens with one attached hydrogen (secondary N) is 3. The van der Waals surface area contributed by atoms with Gasteiger partial charge in [0.15, 0.2) is 0 Å². The number of carbonyl (C=O) groups is 2. The van der Waals surface area contributed by atoms with Gasteiger partial charge in [0.25, 0.3) is 0 Å². The molecule has 3 rings (SSSR count). The maximum atomic E-state index is 12.1. The Bertz CT molecular complexity index is 790. The highest BCUT2D eigenvalue weighted by molar-refractivity contribution is 5.89. The molecule has 2 aromatic rings. The van der Waals surface area contributed by atoms with E-state index < -0.39 is 0 Å². The number of rotatable bonds is 5. The summed E-state index contributed by atoms with van der Waals surface area (Å²) in [6.45, 7) is 1.41. The summed E-state index contributed by atoms with van der Waals surface area (Å²) in [5.74, 6) is 0.826. The van der Waals surface area contributed by atoms with E-state index in [1.807, 2.05) is 60.5 Å². The Morgan fingerprint density at radius 1 is 1.19 bits per heavy atom. The highest BCUT2D eigenvalue weighted by atomic mass is 16.5. The third-order valence-electron chi connectivity index (χ3n) is 4.58. The molecule has 142 valence electrons. The first-order valence-corrected chi connectivity index (χ1v) is 8.80. The summed E-state index contributed by atoms with van der Waals surface area (Å²) in [4.78, 5) is 25.5. The van der Waals surface area contributed by atoms with Crippen molar-refractivity contribution in [2.75, 3.05) is 32.6 Å². The number of urea groups is 1. The predicted molar refractivity (Wildman–Crippen MR) is 104 cm³/mol. The summed E-state index contributed by atoms with van der Waals surface area (Å²) in [5.41, 5.74) is 2.80. The van der Waals surface area contributed by atoms with Gasteiger partial charge >= 0.3 is 6.03 Å². The first-order valence-electron chi connectivity index (χ1n) is 8.80. The molecule has 1 atom stereocenters. The van der Waals surface area contributed by atoms with Crippen molar-refractivity contribution in [2.24, 2.45) is 0 Å². The largest absolute Gasteiger partial charge is 0.497 e. The number of amides is 3. The van der Waals surface area contributed by atoms with Crippen LogP contribution in [0.3, 0.4) is 0 Å². The van der Waals surface area contributed by atoms with Gasteiger partial charge in [-0.2, -0.15) is 0 Å². The Hall–Kier alpha value is -3.06. The number of likely N-dealkylation sites (N-methyl/N-ethyl adjacent to an activating group) is 1. The van der Waals surface area contributed by atoms with E-state index in [9.17, 15) is 9.59 Å². The maximum absolute atomic E-state index is 12.1. The van der Waals surface area contributed by atoms with Crippen LogP contribution in [0.2, 0.25) is 0 Å². The minimum atomic E-state index is -0.263. The molecule has 2 aromatic carbocycles. The standard InChI is InChI=1S/C20H24N4O3/c1-24-13-19(25)21-12-18(24)15-5-7-16(8-6-15)23-20(26)22-11-14-3-9-17(27-2)10-4-14/h3-10,18H,11-13H2,1-2H3,(H,21,25)(H2,22,23,26). The number of benzene rings is 2. The topological polar surface area (TPSA) is 82.7 Å². The van der Waals surface area contributed by atoms with Gasteiger partial charge in [0.1, 0.15) is 5.75 Å². The third-order valence-corrected chi connectivity index (χ3v) is 4.58. The molecule has 7 heteroatoms. The highest BCUT2D eigenvalue weighted by Gasteiger charge is 2.24. The van der Waals surface area contributed by atoms with Crippen LogP contribution in [-0.2, 0) is 11.3 Å². The molecule has 3 N–H and O–H groups in total. The van der Waals surface area contributed by atoms with Gasteiger partial charge in [0.2, 0.25) is 5.91 Å². The number of ether oxygens (including phenoxy) is 1. The Labute approximate surface area is 158 Å². The summed E-state index contributed by atoms with van der Waals surface area (Å²) in [6, 6.07) is 15.1. The molecule has 0 bridgehead atoms. The van der Waals surface area contributed by atoms with E-state index in [4.69, 9.17) is 4.74 Å². The van der Waals surface area contributed by atoms with Crippen molar-refractivity contribution in [3.63, 3.8) is 0 Å². The first-order chi connectivity index (χ1) is 13.0. The van der Waals surface area contributed by atoms with Crippen LogP contribution in [0.5, 0.6) is 5.75 Å². The van der Waals surface area contributed by atoms with Crippen LogP contribution in [0, 0.1) is 0 Å². The highest BCUT2D eigenvalue weighted by Crippen LogP contribution is 2.22. The van der Waals surface area contributed by atoms with Crippen LogP contribution < -0.4 is 20.7 Å². The smallest absolute Gasteiger partial charge is 0.319 e. The van der Waals surface area contributed by atoms with Gasteiger partial charge in [0, 0.05) is 18.8 Å². The van der Waals surface area contributed by atoms with Crippen LogP contribution in [-0.4, -0.2) is 44.1 Å². The quantitative estimate of drug-likeness (QED) is 0.755. The average molecular weight is 368 g/mol. The van der Waals surface area contributed by atoms with Gasteiger partial charge in [-0.3, -0.25) is 9.69 Å². The van der Waals surface area contributed by atoms with E-state index in [0.29, 0.717) is 25.3 Å². The van der Waals surface area contributed by atoms with Gasteiger partial charge < -0.3 is 20.7 Å². The summed E-state index contributed by atoms with van der Waals surface area (Å²) in [5, 5.41) is 8.53. The van der Waals surface area contributed by atoms with Crippen molar-refractivity contribution in [1.29, 1.82) is 0 Å². The number of hydrogen-bond acceptors (Lipinski definition) is 4. The van der Waals surface area contributed by atoms with Crippen molar-refractivity contribution in [3.05, 3.63) is 59.7 Å². The second kappa shape index (κ2) is 8.55. The Kier molecular flexibility index (Phi) is 5.93. The van der Waals surface area contributed by atoms with E-state index in [-0.39, 0.29) is 18.0 Å². The van der Waals surface area contributed by atoms with Crippen molar-refractivity contribution >= 4 is 17.6 Å². The van der Waals surface area contributed by atoms with Gasteiger partial charge in [-0.25, -0.2) is 4.79 Å². The number of hydrogen-bond donors (Lipinski definition) is 3. The van der Waals surface area contributed by atoms with Crippen LogP contribution >= 0.6 is 0 Å². The van der Waals surface area contributed by atoms with Crippen molar-refractivity contribution in [1.82, 2.24) is 15.5 Å². The van der Waals surface area contributed by atoms with Gasteiger partial charge in [-0.1, -0.05) is 24.3 Å². The predicted octanol–water partition coefficient (Wildman–Crippen LogP) is 2.12.